The smallest absolute Gasteiger partial charge is 0.258 e. The highest BCUT2D eigenvalue weighted by Crippen LogP contribution is 2.16. The maximum Gasteiger partial charge on any atom is 0.258 e. The van der Waals surface area contributed by atoms with Crippen molar-refractivity contribution in [3.8, 4) is 0 Å². The highest BCUT2D eigenvalue weighted by Gasteiger charge is 2.15. The topological polar surface area (TPSA) is 49.4 Å². The molecule has 126 valence electrons. The number of anilines is 1. The van der Waals surface area contributed by atoms with Gasteiger partial charge in [0.1, 0.15) is 11.6 Å². The van der Waals surface area contributed by atoms with Crippen molar-refractivity contribution in [2.75, 3.05) is 18.4 Å². The molecule has 2 aromatic rings. The van der Waals surface area contributed by atoms with Gasteiger partial charge in [0, 0.05) is 24.3 Å². The van der Waals surface area contributed by atoms with Crippen molar-refractivity contribution >= 4 is 17.5 Å². The first-order chi connectivity index (χ1) is 11.5. The predicted molar refractivity (Wildman–Crippen MR) is 88.0 cm³/mol. The molecule has 1 N–H and O–H groups in total. The van der Waals surface area contributed by atoms with E-state index < -0.39 is 23.1 Å². The summed E-state index contributed by atoms with van der Waals surface area (Å²) in [6, 6.07) is 9.01. The van der Waals surface area contributed by atoms with E-state index in [0.717, 1.165) is 18.2 Å². The summed E-state index contributed by atoms with van der Waals surface area (Å²) < 4.78 is 26.8. The van der Waals surface area contributed by atoms with Crippen LogP contribution in [0.3, 0.4) is 0 Å². The monoisotopic (exact) mass is 332 g/mol. The first kappa shape index (κ1) is 17.6. The molecule has 0 atom stereocenters. The number of hydrogen-bond acceptors (Lipinski definition) is 2. The van der Waals surface area contributed by atoms with Crippen LogP contribution in [0.4, 0.5) is 14.5 Å². The Bertz CT molecular complexity index is 758. The van der Waals surface area contributed by atoms with Crippen LogP contribution in [0.15, 0.2) is 42.5 Å². The number of carbonyl (C=O) groups excluding carboxylic acids is 2. The van der Waals surface area contributed by atoms with Gasteiger partial charge in [-0.05, 0) is 50.2 Å². The molecule has 2 rings (SSSR count). The third-order valence-electron chi connectivity index (χ3n) is 3.59. The number of nitrogens with one attached hydrogen (secondary N) is 1. The van der Waals surface area contributed by atoms with Crippen molar-refractivity contribution in [2.24, 2.45) is 0 Å². The molecule has 0 saturated carbocycles. The van der Waals surface area contributed by atoms with Gasteiger partial charge in [0.25, 0.3) is 11.8 Å². The van der Waals surface area contributed by atoms with Crippen LogP contribution in [-0.2, 0) is 0 Å². The molecule has 4 nitrogen and oxygen atoms in total. The minimum Gasteiger partial charge on any atom is -0.339 e. The SMILES string of the molecule is CCN(CC)C(=O)c1cccc(NC(=O)c2cc(F)ccc2F)c1. The molecule has 6 heteroatoms. The molecule has 0 heterocycles. The summed E-state index contributed by atoms with van der Waals surface area (Å²) in [6.07, 6.45) is 0. The quantitative estimate of drug-likeness (QED) is 0.907. The molecular formula is C18H18F2N2O2. The Kier molecular flexibility index (Phi) is 5.63. The minimum atomic E-state index is -0.815. The first-order valence-corrected chi connectivity index (χ1v) is 7.62. The van der Waals surface area contributed by atoms with Crippen LogP contribution in [-0.4, -0.2) is 29.8 Å². The van der Waals surface area contributed by atoms with Crippen LogP contribution in [0.2, 0.25) is 0 Å². The lowest BCUT2D eigenvalue weighted by atomic mass is 10.1. The predicted octanol–water partition coefficient (Wildman–Crippen LogP) is 3.70. The van der Waals surface area contributed by atoms with Crippen LogP contribution in [0, 0.1) is 11.6 Å². The Morgan fingerprint density at radius 1 is 1.04 bits per heavy atom. The normalized spacial score (nSPS) is 10.3. The zero-order valence-corrected chi connectivity index (χ0v) is 13.5. The van der Waals surface area contributed by atoms with E-state index in [4.69, 9.17) is 0 Å². The van der Waals surface area contributed by atoms with Gasteiger partial charge in [-0.2, -0.15) is 0 Å². The largest absolute Gasteiger partial charge is 0.339 e. The number of hydrogen-bond donors (Lipinski definition) is 1. The summed E-state index contributed by atoms with van der Waals surface area (Å²) in [6.45, 7) is 4.89. The number of nitrogens with zero attached hydrogens (tertiary/aromatic N) is 1. The first-order valence-electron chi connectivity index (χ1n) is 7.62. The van der Waals surface area contributed by atoms with Crippen molar-refractivity contribution in [1.29, 1.82) is 0 Å². The molecule has 0 aliphatic rings. The Hall–Kier alpha value is -2.76. The van der Waals surface area contributed by atoms with Gasteiger partial charge < -0.3 is 10.2 Å². The van der Waals surface area contributed by atoms with Crippen LogP contribution in [0.25, 0.3) is 0 Å². The van der Waals surface area contributed by atoms with Gasteiger partial charge in [0.05, 0.1) is 5.56 Å². The van der Waals surface area contributed by atoms with Crippen LogP contribution >= 0.6 is 0 Å². The van der Waals surface area contributed by atoms with E-state index >= 15 is 0 Å². The molecule has 2 amide bonds. The third-order valence-corrected chi connectivity index (χ3v) is 3.59. The Morgan fingerprint density at radius 3 is 2.42 bits per heavy atom. The van der Waals surface area contributed by atoms with E-state index in [9.17, 15) is 18.4 Å². The second kappa shape index (κ2) is 7.68. The minimum absolute atomic E-state index is 0.159. The van der Waals surface area contributed by atoms with Crippen LogP contribution in [0.1, 0.15) is 34.6 Å². The summed E-state index contributed by atoms with van der Waals surface area (Å²) in [5, 5.41) is 2.48. The van der Waals surface area contributed by atoms with Crippen molar-refractivity contribution in [3.05, 3.63) is 65.2 Å². The molecule has 0 radical (unpaired) electrons. The van der Waals surface area contributed by atoms with E-state index in [1.54, 1.807) is 23.1 Å². The fourth-order valence-corrected chi connectivity index (χ4v) is 2.29. The molecule has 0 aliphatic heterocycles. The molecule has 0 aromatic heterocycles. The van der Waals surface area contributed by atoms with Crippen molar-refractivity contribution < 1.29 is 18.4 Å². The van der Waals surface area contributed by atoms with Gasteiger partial charge in [-0.15, -0.1) is 0 Å². The number of benzene rings is 2. The zero-order valence-electron chi connectivity index (χ0n) is 13.5. The van der Waals surface area contributed by atoms with E-state index in [0.29, 0.717) is 24.3 Å². The van der Waals surface area contributed by atoms with Crippen molar-refractivity contribution in [2.45, 2.75) is 13.8 Å². The summed E-state index contributed by atoms with van der Waals surface area (Å²) in [5.41, 5.74) is 0.355. The average Bonchev–Trinajstić information content (AvgIpc) is 2.58. The fraction of sp³-hybridized carbons (Fsp3) is 0.222. The zero-order chi connectivity index (χ0) is 17.7. The van der Waals surface area contributed by atoms with Gasteiger partial charge in [0.15, 0.2) is 0 Å². The van der Waals surface area contributed by atoms with E-state index in [2.05, 4.69) is 5.32 Å². The van der Waals surface area contributed by atoms with E-state index in [1.807, 2.05) is 13.8 Å². The van der Waals surface area contributed by atoms with Gasteiger partial charge in [-0.25, -0.2) is 8.78 Å². The molecule has 0 bridgehead atoms. The summed E-state index contributed by atoms with van der Waals surface area (Å²) >= 11 is 0. The second-order valence-corrected chi connectivity index (χ2v) is 5.14. The molecule has 2 aromatic carbocycles. The lowest BCUT2D eigenvalue weighted by Gasteiger charge is -2.19. The Morgan fingerprint density at radius 2 is 1.75 bits per heavy atom. The van der Waals surface area contributed by atoms with Crippen LogP contribution in [0.5, 0.6) is 0 Å². The average molecular weight is 332 g/mol. The maximum absolute atomic E-state index is 13.6. The van der Waals surface area contributed by atoms with Crippen LogP contribution < -0.4 is 5.32 Å². The highest BCUT2D eigenvalue weighted by atomic mass is 19.1. The summed E-state index contributed by atoms with van der Waals surface area (Å²) in [7, 11) is 0. The standard InChI is InChI=1S/C18H18F2N2O2/c1-3-22(4-2)18(24)12-6-5-7-14(10-12)21-17(23)15-11-13(19)8-9-16(15)20/h5-11H,3-4H2,1-2H3,(H,21,23). The van der Waals surface area contributed by atoms with Crippen molar-refractivity contribution in [1.82, 2.24) is 4.90 Å². The highest BCUT2D eigenvalue weighted by molar-refractivity contribution is 6.05. The number of halogens is 2. The summed E-state index contributed by atoms with van der Waals surface area (Å²) in [5.74, 6) is -2.45. The molecule has 0 spiro atoms. The van der Waals surface area contributed by atoms with Gasteiger partial charge in [-0.1, -0.05) is 6.07 Å². The van der Waals surface area contributed by atoms with Crippen molar-refractivity contribution in [3.63, 3.8) is 0 Å². The number of rotatable bonds is 5. The van der Waals surface area contributed by atoms with Gasteiger partial charge in [-0.3, -0.25) is 9.59 Å². The maximum atomic E-state index is 13.6. The second-order valence-electron chi connectivity index (χ2n) is 5.14. The third kappa shape index (κ3) is 3.95. The van der Waals surface area contributed by atoms with E-state index in [-0.39, 0.29) is 5.91 Å². The number of amides is 2. The molecule has 0 fully saturated rings. The molecular weight excluding hydrogens is 314 g/mol. The van der Waals surface area contributed by atoms with Gasteiger partial charge >= 0.3 is 0 Å². The molecule has 0 aliphatic carbocycles. The van der Waals surface area contributed by atoms with E-state index in [1.165, 1.54) is 6.07 Å². The fourth-order valence-electron chi connectivity index (χ4n) is 2.29. The molecule has 24 heavy (non-hydrogen) atoms. The molecule has 0 unspecified atom stereocenters. The Labute approximate surface area is 139 Å². The number of carbonyl (C=O) groups is 2. The summed E-state index contributed by atoms with van der Waals surface area (Å²) in [4.78, 5) is 26.1. The molecule has 0 saturated heterocycles. The van der Waals surface area contributed by atoms with Gasteiger partial charge in [0.2, 0.25) is 0 Å². The lowest BCUT2D eigenvalue weighted by Crippen LogP contribution is -2.30. The lowest BCUT2D eigenvalue weighted by molar-refractivity contribution is 0.0772. The Balaban J connectivity index is 2.22.